The van der Waals surface area contributed by atoms with Crippen LogP contribution in [0.5, 0.6) is 0 Å². The fourth-order valence-electron chi connectivity index (χ4n) is 0.840. The Morgan fingerprint density at radius 2 is 2.18 bits per heavy atom. The first-order chi connectivity index (χ1) is 5.33. The summed E-state index contributed by atoms with van der Waals surface area (Å²) in [5.74, 6) is -0.221. The van der Waals surface area contributed by atoms with Crippen molar-refractivity contribution in [2.75, 3.05) is 13.7 Å². The number of hydrogen-bond donors (Lipinski definition) is 0. The highest BCUT2D eigenvalue weighted by atomic mass is 16.5. The second-order valence-electron chi connectivity index (χ2n) is 2.25. The highest BCUT2D eigenvalue weighted by molar-refractivity contribution is 5.71. The third-order valence-corrected chi connectivity index (χ3v) is 1.41. The zero-order valence-corrected chi connectivity index (χ0v) is 6.49. The SMILES string of the molecule is COC(=O)CN1C=CCC=C1. The van der Waals surface area contributed by atoms with Crippen LogP contribution in [-0.4, -0.2) is 24.5 Å². The number of rotatable bonds is 2. The summed E-state index contributed by atoms with van der Waals surface area (Å²) >= 11 is 0. The maximum absolute atomic E-state index is 10.7. The molecule has 0 bridgehead atoms. The standard InChI is InChI=1S/C8H11NO2/c1-11-8(10)7-9-5-3-2-4-6-9/h3-6H,2,7H2,1H3. The van der Waals surface area contributed by atoms with Gasteiger partial charge in [0.25, 0.3) is 0 Å². The van der Waals surface area contributed by atoms with Gasteiger partial charge in [0.2, 0.25) is 0 Å². The van der Waals surface area contributed by atoms with Gasteiger partial charge >= 0.3 is 5.97 Å². The molecule has 0 atom stereocenters. The third kappa shape index (κ3) is 2.45. The topological polar surface area (TPSA) is 29.5 Å². The van der Waals surface area contributed by atoms with Gasteiger partial charge in [-0.3, -0.25) is 4.79 Å². The summed E-state index contributed by atoms with van der Waals surface area (Å²) in [6, 6.07) is 0. The quantitative estimate of drug-likeness (QED) is 0.552. The minimum atomic E-state index is -0.221. The monoisotopic (exact) mass is 153 g/mol. The number of carbonyl (C=O) groups excluding carboxylic acids is 1. The molecule has 0 spiro atoms. The summed E-state index contributed by atoms with van der Waals surface area (Å²) in [4.78, 5) is 12.5. The Bertz CT molecular complexity index is 184. The highest BCUT2D eigenvalue weighted by Gasteiger charge is 2.04. The minimum absolute atomic E-state index is 0.221. The second-order valence-corrected chi connectivity index (χ2v) is 2.25. The summed E-state index contributed by atoms with van der Waals surface area (Å²) in [5, 5.41) is 0. The number of methoxy groups -OCH3 is 1. The van der Waals surface area contributed by atoms with E-state index in [4.69, 9.17) is 0 Å². The van der Waals surface area contributed by atoms with Crippen LogP contribution in [0.1, 0.15) is 6.42 Å². The van der Waals surface area contributed by atoms with Gasteiger partial charge in [0, 0.05) is 12.4 Å². The molecule has 0 aliphatic carbocycles. The molecule has 1 aliphatic heterocycles. The predicted molar refractivity (Wildman–Crippen MR) is 41.6 cm³/mol. The van der Waals surface area contributed by atoms with Crippen molar-refractivity contribution in [3.8, 4) is 0 Å². The van der Waals surface area contributed by atoms with Crippen LogP contribution in [0.15, 0.2) is 24.6 Å². The molecule has 0 aromatic rings. The Balaban J connectivity index is 2.36. The van der Waals surface area contributed by atoms with Gasteiger partial charge in [-0.1, -0.05) is 12.2 Å². The Morgan fingerprint density at radius 1 is 1.55 bits per heavy atom. The Hall–Kier alpha value is -1.25. The predicted octanol–water partition coefficient (Wildman–Crippen LogP) is 0.892. The third-order valence-electron chi connectivity index (χ3n) is 1.41. The fourth-order valence-corrected chi connectivity index (χ4v) is 0.840. The van der Waals surface area contributed by atoms with Crippen LogP contribution in [0.3, 0.4) is 0 Å². The molecule has 0 saturated carbocycles. The van der Waals surface area contributed by atoms with Gasteiger partial charge in [0.15, 0.2) is 0 Å². The molecule has 0 aromatic carbocycles. The summed E-state index contributed by atoms with van der Waals surface area (Å²) in [6.07, 6.45) is 8.66. The van der Waals surface area contributed by atoms with E-state index in [2.05, 4.69) is 4.74 Å². The van der Waals surface area contributed by atoms with Gasteiger partial charge < -0.3 is 9.64 Å². The Kier molecular flexibility index (Phi) is 2.72. The van der Waals surface area contributed by atoms with E-state index in [1.54, 1.807) is 4.90 Å². The van der Waals surface area contributed by atoms with Crippen LogP contribution in [0.2, 0.25) is 0 Å². The van der Waals surface area contributed by atoms with Crippen molar-refractivity contribution in [1.82, 2.24) is 4.90 Å². The van der Waals surface area contributed by atoms with Crippen molar-refractivity contribution in [2.24, 2.45) is 0 Å². The van der Waals surface area contributed by atoms with Gasteiger partial charge in [-0.25, -0.2) is 0 Å². The molecule has 1 rings (SSSR count). The van der Waals surface area contributed by atoms with E-state index in [0.717, 1.165) is 6.42 Å². The van der Waals surface area contributed by atoms with Crippen molar-refractivity contribution < 1.29 is 9.53 Å². The lowest BCUT2D eigenvalue weighted by atomic mass is 10.3. The van der Waals surface area contributed by atoms with Gasteiger partial charge in [-0.05, 0) is 6.42 Å². The lowest BCUT2D eigenvalue weighted by Gasteiger charge is -2.15. The van der Waals surface area contributed by atoms with Crippen LogP contribution in [0, 0.1) is 0 Å². The van der Waals surface area contributed by atoms with E-state index >= 15 is 0 Å². The highest BCUT2D eigenvalue weighted by Crippen LogP contribution is 2.01. The van der Waals surface area contributed by atoms with E-state index in [1.165, 1.54) is 7.11 Å². The molecule has 1 aliphatic rings. The molecule has 1 heterocycles. The maximum Gasteiger partial charge on any atom is 0.325 e. The molecular formula is C8H11NO2. The largest absolute Gasteiger partial charge is 0.468 e. The fraction of sp³-hybridized carbons (Fsp3) is 0.375. The molecule has 11 heavy (non-hydrogen) atoms. The smallest absolute Gasteiger partial charge is 0.325 e. The van der Waals surface area contributed by atoms with E-state index in [1.807, 2.05) is 24.6 Å². The first-order valence-corrected chi connectivity index (χ1v) is 3.49. The molecule has 0 unspecified atom stereocenters. The van der Waals surface area contributed by atoms with Crippen LogP contribution in [-0.2, 0) is 9.53 Å². The van der Waals surface area contributed by atoms with Gasteiger partial charge in [0.05, 0.1) is 7.11 Å². The molecule has 3 nitrogen and oxygen atoms in total. The maximum atomic E-state index is 10.7. The van der Waals surface area contributed by atoms with Crippen LogP contribution in [0.25, 0.3) is 0 Å². The normalized spacial score (nSPS) is 15.2. The second kappa shape index (κ2) is 3.81. The van der Waals surface area contributed by atoms with E-state index in [-0.39, 0.29) is 5.97 Å². The molecule has 0 aromatic heterocycles. The van der Waals surface area contributed by atoms with Crippen LogP contribution in [0.4, 0.5) is 0 Å². The summed E-state index contributed by atoms with van der Waals surface area (Å²) in [7, 11) is 1.39. The number of hydrogen-bond acceptors (Lipinski definition) is 3. The van der Waals surface area contributed by atoms with E-state index in [9.17, 15) is 4.79 Å². The lowest BCUT2D eigenvalue weighted by Crippen LogP contribution is -2.21. The molecule has 3 heteroatoms. The molecule has 60 valence electrons. The van der Waals surface area contributed by atoms with Crippen LogP contribution >= 0.6 is 0 Å². The van der Waals surface area contributed by atoms with E-state index < -0.39 is 0 Å². The van der Waals surface area contributed by atoms with Gasteiger partial charge in [-0.2, -0.15) is 0 Å². The Labute approximate surface area is 65.9 Å². The number of nitrogens with zero attached hydrogens (tertiary/aromatic N) is 1. The van der Waals surface area contributed by atoms with Crippen molar-refractivity contribution >= 4 is 5.97 Å². The molecule has 0 radical (unpaired) electrons. The van der Waals surface area contributed by atoms with Crippen LogP contribution < -0.4 is 0 Å². The average Bonchev–Trinajstić information content (AvgIpc) is 2.06. The number of ether oxygens (including phenoxy) is 1. The number of esters is 1. The summed E-state index contributed by atoms with van der Waals surface area (Å²) in [5.41, 5.74) is 0. The lowest BCUT2D eigenvalue weighted by molar-refractivity contribution is -0.140. The average molecular weight is 153 g/mol. The molecule has 0 N–H and O–H groups in total. The molecular weight excluding hydrogens is 142 g/mol. The molecule has 0 fully saturated rings. The molecule has 0 saturated heterocycles. The summed E-state index contributed by atoms with van der Waals surface area (Å²) in [6.45, 7) is 0.295. The van der Waals surface area contributed by atoms with Crippen molar-refractivity contribution in [1.29, 1.82) is 0 Å². The summed E-state index contributed by atoms with van der Waals surface area (Å²) < 4.78 is 4.50. The number of carbonyl (C=O) groups is 1. The minimum Gasteiger partial charge on any atom is -0.468 e. The van der Waals surface area contributed by atoms with Crippen molar-refractivity contribution in [3.63, 3.8) is 0 Å². The van der Waals surface area contributed by atoms with Crippen molar-refractivity contribution in [3.05, 3.63) is 24.6 Å². The first kappa shape index (κ1) is 7.85. The van der Waals surface area contributed by atoms with Crippen molar-refractivity contribution in [2.45, 2.75) is 6.42 Å². The zero-order chi connectivity index (χ0) is 8.10. The van der Waals surface area contributed by atoms with Gasteiger partial charge in [-0.15, -0.1) is 0 Å². The zero-order valence-electron chi connectivity index (χ0n) is 6.49. The first-order valence-electron chi connectivity index (χ1n) is 3.49. The number of allylic oxidation sites excluding steroid dienone is 2. The Morgan fingerprint density at radius 3 is 2.73 bits per heavy atom. The van der Waals surface area contributed by atoms with Gasteiger partial charge in [0.1, 0.15) is 6.54 Å². The van der Waals surface area contributed by atoms with E-state index in [0.29, 0.717) is 6.54 Å². The molecule has 0 amide bonds.